The van der Waals surface area contributed by atoms with Crippen molar-refractivity contribution >= 4 is 35.8 Å². The predicted octanol–water partition coefficient (Wildman–Crippen LogP) is 3.37. The Labute approximate surface area is 292 Å². The molecule has 0 aromatic carbocycles. The molecule has 6 aliphatic carbocycles. The number of carbonyl (C=O) groups excluding carboxylic acids is 5. The van der Waals surface area contributed by atoms with E-state index in [0.717, 1.165) is 6.42 Å². The monoisotopic (exact) mass is 700 g/mol. The van der Waals surface area contributed by atoms with E-state index in [4.69, 9.17) is 18.9 Å². The molecule has 7 aliphatic rings. The molecule has 18 atom stereocenters. The third-order valence-corrected chi connectivity index (χ3v) is 14.8. The summed E-state index contributed by atoms with van der Waals surface area (Å²) < 4.78 is 22.0. The molecule has 276 valence electrons. The summed E-state index contributed by atoms with van der Waals surface area (Å²) in [5, 5.41) is 19.6. The van der Waals surface area contributed by atoms with E-state index in [9.17, 15) is 39.0 Å². The van der Waals surface area contributed by atoms with Gasteiger partial charge >= 0.3 is 35.8 Å². The Morgan fingerprint density at radius 3 is 1.92 bits per heavy atom. The van der Waals surface area contributed by atoms with Crippen LogP contribution in [0, 0.1) is 107 Å². The Bertz CT molecular complexity index is 1450. The van der Waals surface area contributed by atoms with E-state index in [0.29, 0.717) is 25.7 Å². The second-order valence-electron chi connectivity index (χ2n) is 17.7. The number of carboxylic acids is 1. The zero-order valence-electron chi connectivity index (χ0n) is 29.8. The van der Waals surface area contributed by atoms with Crippen molar-refractivity contribution in [3.8, 4) is 0 Å². The molecule has 7 rings (SSSR count). The molecule has 1 saturated heterocycles. The van der Waals surface area contributed by atoms with Crippen LogP contribution >= 0.6 is 0 Å². The first-order valence-corrected chi connectivity index (χ1v) is 18.7. The van der Waals surface area contributed by atoms with E-state index in [2.05, 4.69) is 6.92 Å². The standard InChI is InChI=1S/C38H52O12/c1-14-16-9-19(22(10-16)34(43)50-38(3,4)5)24(14)30-31(37(46)49-36(30)45)26-17-11-20(21(12-17)33(42)48-8-7-39)27(26)25-15(2)18-13-23(25)29(35(44)47-6)28(18)32(40)41/h14-31,39H,7-13H2,1-6H3,(H,40,41). The molecule has 0 radical (unpaired) electrons. The maximum Gasteiger partial charge on any atom is 0.317 e. The zero-order valence-corrected chi connectivity index (χ0v) is 29.8. The number of esters is 5. The number of aliphatic carboxylic acids is 1. The maximum absolute atomic E-state index is 14.0. The molecule has 2 N–H and O–H groups in total. The van der Waals surface area contributed by atoms with Crippen molar-refractivity contribution in [2.75, 3.05) is 20.3 Å². The van der Waals surface area contributed by atoms with Gasteiger partial charge in [0.05, 0.1) is 49.2 Å². The zero-order chi connectivity index (χ0) is 36.1. The van der Waals surface area contributed by atoms with Crippen molar-refractivity contribution in [1.82, 2.24) is 0 Å². The van der Waals surface area contributed by atoms with Crippen LogP contribution in [-0.4, -0.2) is 72.0 Å². The first-order chi connectivity index (χ1) is 23.6. The Hall–Kier alpha value is -3.02. The molecule has 0 amide bonds. The molecule has 7 fully saturated rings. The lowest BCUT2D eigenvalue weighted by molar-refractivity contribution is -0.165. The summed E-state index contributed by atoms with van der Waals surface area (Å²) in [6.07, 6.45) is 3.11. The average Bonchev–Trinajstić information content (AvgIpc) is 3.90. The lowest BCUT2D eigenvalue weighted by atomic mass is 9.54. The van der Waals surface area contributed by atoms with Gasteiger partial charge in [0.2, 0.25) is 0 Å². The van der Waals surface area contributed by atoms with Crippen LogP contribution in [0.3, 0.4) is 0 Å². The molecule has 12 nitrogen and oxygen atoms in total. The minimum Gasteiger partial charge on any atom is -0.481 e. The van der Waals surface area contributed by atoms with Gasteiger partial charge in [-0.25, -0.2) is 0 Å². The molecule has 0 aromatic heterocycles. The Kier molecular flexibility index (Phi) is 8.91. The number of methoxy groups -OCH3 is 1. The van der Waals surface area contributed by atoms with Crippen LogP contribution in [0.4, 0.5) is 0 Å². The van der Waals surface area contributed by atoms with Gasteiger partial charge in [-0.2, -0.15) is 0 Å². The number of hydrogen-bond acceptors (Lipinski definition) is 11. The first-order valence-electron chi connectivity index (χ1n) is 18.7. The fourth-order valence-corrected chi connectivity index (χ4v) is 13.5. The largest absolute Gasteiger partial charge is 0.481 e. The number of carboxylic acid groups (broad SMARTS) is 1. The molecular weight excluding hydrogens is 648 g/mol. The summed E-state index contributed by atoms with van der Waals surface area (Å²) in [6, 6.07) is 0. The van der Waals surface area contributed by atoms with Crippen LogP contribution < -0.4 is 0 Å². The highest BCUT2D eigenvalue weighted by Gasteiger charge is 2.71. The molecule has 1 heterocycles. The summed E-state index contributed by atoms with van der Waals surface area (Å²) in [5.41, 5.74) is -0.658. The average molecular weight is 701 g/mol. The molecule has 1 aliphatic heterocycles. The van der Waals surface area contributed by atoms with Crippen molar-refractivity contribution in [2.45, 2.75) is 72.3 Å². The molecule has 6 bridgehead atoms. The van der Waals surface area contributed by atoms with Gasteiger partial charge in [0, 0.05) is 0 Å². The fraction of sp³-hybridized carbons (Fsp3) is 0.842. The molecule has 18 unspecified atom stereocenters. The van der Waals surface area contributed by atoms with Crippen molar-refractivity contribution in [3.63, 3.8) is 0 Å². The van der Waals surface area contributed by atoms with E-state index in [-0.39, 0.29) is 96.1 Å². The minimum atomic E-state index is -1.03. The highest BCUT2D eigenvalue weighted by atomic mass is 16.6. The van der Waals surface area contributed by atoms with Crippen LogP contribution in [0.15, 0.2) is 0 Å². The van der Waals surface area contributed by atoms with E-state index in [1.165, 1.54) is 7.11 Å². The quantitative estimate of drug-likeness (QED) is 0.204. The number of cyclic esters (lactones) is 2. The van der Waals surface area contributed by atoms with Gasteiger partial charge in [0.1, 0.15) is 12.2 Å². The Balaban J connectivity index is 1.26. The van der Waals surface area contributed by atoms with Crippen LogP contribution in [0.2, 0.25) is 0 Å². The normalized spacial score (nSPS) is 47.1. The van der Waals surface area contributed by atoms with Gasteiger partial charge in [-0.15, -0.1) is 0 Å². The lowest BCUT2D eigenvalue weighted by Crippen LogP contribution is -2.51. The van der Waals surface area contributed by atoms with Crippen LogP contribution in [-0.2, 0) is 47.7 Å². The number of fused-ring (bicyclic) bond motifs is 6. The number of carbonyl (C=O) groups is 6. The highest BCUT2D eigenvalue weighted by Crippen LogP contribution is 2.71. The van der Waals surface area contributed by atoms with Gasteiger partial charge in [0.15, 0.2) is 0 Å². The van der Waals surface area contributed by atoms with Crippen molar-refractivity contribution in [1.29, 1.82) is 0 Å². The van der Waals surface area contributed by atoms with Crippen molar-refractivity contribution in [3.05, 3.63) is 0 Å². The maximum atomic E-state index is 14.0. The fourth-order valence-electron chi connectivity index (χ4n) is 13.5. The van der Waals surface area contributed by atoms with E-state index in [1.54, 1.807) is 0 Å². The third kappa shape index (κ3) is 5.31. The predicted molar refractivity (Wildman–Crippen MR) is 172 cm³/mol. The number of ether oxygens (including phenoxy) is 4. The van der Waals surface area contributed by atoms with E-state index in [1.807, 2.05) is 27.7 Å². The molecule has 50 heavy (non-hydrogen) atoms. The van der Waals surface area contributed by atoms with Crippen molar-refractivity contribution in [2.24, 2.45) is 107 Å². The molecule has 6 saturated carbocycles. The number of rotatable bonds is 9. The van der Waals surface area contributed by atoms with Gasteiger partial charge in [0.25, 0.3) is 0 Å². The van der Waals surface area contributed by atoms with E-state index < -0.39 is 65.0 Å². The summed E-state index contributed by atoms with van der Waals surface area (Å²) >= 11 is 0. The molecular formula is C38H52O12. The van der Waals surface area contributed by atoms with Crippen molar-refractivity contribution < 1.29 is 57.9 Å². The second kappa shape index (κ2) is 12.6. The summed E-state index contributed by atoms with van der Waals surface area (Å²) in [7, 11) is 1.27. The van der Waals surface area contributed by atoms with Gasteiger partial charge in [-0.1, -0.05) is 13.8 Å². The van der Waals surface area contributed by atoms with Crippen LogP contribution in [0.5, 0.6) is 0 Å². The summed E-state index contributed by atoms with van der Waals surface area (Å²) in [4.78, 5) is 80.6. The van der Waals surface area contributed by atoms with E-state index >= 15 is 0 Å². The summed E-state index contributed by atoms with van der Waals surface area (Å²) in [5.74, 6) is -9.36. The SMILES string of the molecule is COC(=O)C1C2CC(C(C)C2C2C3CC(CC3C(=O)OCCO)C2C2C(=O)OC(=O)C2C2C(C)C3CC(C(=O)OC(C)(C)C)C2C3)C1C(=O)O. The Morgan fingerprint density at radius 1 is 0.720 bits per heavy atom. The molecule has 12 heteroatoms. The second-order valence-corrected chi connectivity index (χ2v) is 17.7. The number of aliphatic hydroxyl groups is 1. The Morgan fingerprint density at radius 2 is 1.32 bits per heavy atom. The summed E-state index contributed by atoms with van der Waals surface area (Å²) in [6.45, 7) is 9.23. The minimum absolute atomic E-state index is 0.0873. The number of hydrogen-bond donors (Lipinski definition) is 2. The highest BCUT2D eigenvalue weighted by molar-refractivity contribution is 5.97. The molecule has 0 spiro atoms. The number of aliphatic hydroxyl groups excluding tert-OH is 1. The molecule has 0 aromatic rings. The van der Waals surface area contributed by atoms with Crippen LogP contribution in [0.25, 0.3) is 0 Å². The lowest BCUT2D eigenvalue weighted by Gasteiger charge is -2.48. The first kappa shape index (κ1) is 35.4. The van der Waals surface area contributed by atoms with Gasteiger partial charge < -0.3 is 29.2 Å². The topological polar surface area (TPSA) is 180 Å². The smallest absolute Gasteiger partial charge is 0.317 e. The van der Waals surface area contributed by atoms with Crippen LogP contribution in [0.1, 0.15) is 66.7 Å². The van der Waals surface area contributed by atoms with Gasteiger partial charge in [-0.05, 0) is 124 Å². The third-order valence-electron chi connectivity index (χ3n) is 14.8. The van der Waals surface area contributed by atoms with Gasteiger partial charge in [-0.3, -0.25) is 28.8 Å².